The highest BCUT2D eigenvalue weighted by Gasteiger charge is 2.43. The molecule has 0 saturated carbocycles. The first kappa shape index (κ1) is 20.8. The molecule has 29 heavy (non-hydrogen) atoms. The first-order valence-electron chi connectivity index (χ1n) is 8.57. The Hall–Kier alpha value is -2.94. The molecule has 6 nitrogen and oxygen atoms in total. The van der Waals surface area contributed by atoms with Crippen molar-refractivity contribution in [3.05, 3.63) is 59.1 Å². The normalized spacial score (nSPS) is 17.2. The van der Waals surface area contributed by atoms with Crippen molar-refractivity contribution in [3.63, 3.8) is 0 Å². The largest absolute Gasteiger partial charge is 0.481 e. The monoisotopic (exact) mass is 427 g/mol. The molecule has 3 N–H and O–H groups in total. The van der Waals surface area contributed by atoms with Gasteiger partial charge in [0.1, 0.15) is 12.4 Å². The molecule has 2 aromatic rings. The van der Waals surface area contributed by atoms with Crippen LogP contribution in [0.4, 0.5) is 18.9 Å². The number of rotatable bonds is 6. The number of nitrogens with one attached hydrogen (secondary N) is 1. The molecule has 1 aliphatic rings. The van der Waals surface area contributed by atoms with Crippen molar-refractivity contribution in [2.24, 2.45) is 10.7 Å². The number of halogens is 4. The molecule has 1 heterocycles. The van der Waals surface area contributed by atoms with Crippen molar-refractivity contribution in [1.82, 2.24) is 0 Å². The molecule has 154 valence electrons. The third-order valence-electron chi connectivity index (χ3n) is 4.08. The van der Waals surface area contributed by atoms with Crippen LogP contribution in [0.5, 0.6) is 5.75 Å². The molecule has 1 aliphatic heterocycles. The van der Waals surface area contributed by atoms with Gasteiger partial charge in [-0.1, -0.05) is 11.6 Å². The number of ether oxygens (including phenoxy) is 2. The molecule has 0 saturated heterocycles. The van der Waals surface area contributed by atoms with Gasteiger partial charge in [-0.3, -0.25) is 4.79 Å². The average molecular weight is 428 g/mol. The van der Waals surface area contributed by atoms with Crippen LogP contribution < -0.4 is 15.8 Å². The molecule has 10 heteroatoms. The van der Waals surface area contributed by atoms with E-state index in [1.54, 1.807) is 24.3 Å². The Morgan fingerprint density at radius 3 is 2.45 bits per heavy atom. The molecule has 2 atom stereocenters. The summed E-state index contributed by atoms with van der Waals surface area (Å²) in [5.41, 5.74) is 6.13. The topological polar surface area (TPSA) is 85.9 Å². The van der Waals surface area contributed by atoms with Crippen LogP contribution in [0.15, 0.2) is 53.5 Å². The van der Waals surface area contributed by atoms with E-state index in [0.717, 1.165) is 0 Å². The highest BCUT2D eigenvalue weighted by atomic mass is 35.5. The molecule has 1 unspecified atom stereocenters. The minimum atomic E-state index is -4.59. The number of carbonyl (C=O) groups is 1. The number of hydrogen-bond acceptors (Lipinski definition) is 5. The number of nitrogens with zero attached hydrogens (tertiary/aromatic N) is 1. The Morgan fingerprint density at radius 1 is 1.24 bits per heavy atom. The Morgan fingerprint density at radius 2 is 1.90 bits per heavy atom. The Kier molecular flexibility index (Phi) is 6.17. The summed E-state index contributed by atoms with van der Waals surface area (Å²) < 4.78 is 49.9. The van der Waals surface area contributed by atoms with Crippen molar-refractivity contribution in [2.45, 2.75) is 24.7 Å². The van der Waals surface area contributed by atoms with E-state index in [4.69, 9.17) is 26.8 Å². The highest BCUT2D eigenvalue weighted by molar-refractivity contribution is 6.30. The van der Waals surface area contributed by atoms with Gasteiger partial charge in [-0.25, -0.2) is 4.99 Å². The first-order valence-corrected chi connectivity index (χ1v) is 8.95. The SMILES string of the molecule is NC1=NC(C[C@@H](Oc2ccc(NC(=O)c3ccc(Cl)cc3)cc2)C(F)(F)F)CO1. The number of benzene rings is 2. The van der Waals surface area contributed by atoms with Crippen LogP contribution >= 0.6 is 11.6 Å². The smallest absolute Gasteiger partial charge is 0.425 e. The number of amides is 1. The molecule has 3 rings (SSSR count). The van der Waals surface area contributed by atoms with Crippen LogP contribution in [0.1, 0.15) is 16.8 Å². The van der Waals surface area contributed by atoms with E-state index >= 15 is 0 Å². The van der Waals surface area contributed by atoms with Crippen LogP contribution in [0.2, 0.25) is 5.02 Å². The number of anilines is 1. The van der Waals surface area contributed by atoms with Crippen molar-refractivity contribution in [3.8, 4) is 5.75 Å². The average Bonchev–Trinajstić information content (AvgIpc) is 3.07. The zero-order valence-electron chi connectivity index (χ0n) is 14.9. The van der Waals surface area contributed by atoms with Gasteiger partial charge in [0.15, 0.2) is 6.10 Å². The van der Waals surface area contributed by atoms with Crippen LogP contribution in [0, 0.1) is 0 Å². The molecule has 0 fully saturated rings. The van der Waals surface area contributed by atoms with Gasteiger partial charge in [-0.15, -0.1) is 0 Å². The molecule has 0 aliphatic carbocycles. The fourth-order valence-electron chi connectivity index (χ4n) is 2.64. The number of nitrogens with two attached hydrogens (primary N) is 1. The predicted molar refractivity (Wildman–Crippen MR) is 102 cm³/mol. The second-order valence-corrected chi connectivity index (χ2v) is 6.74. The van der Waals surface area contributed by atoms with Crippen molar-refractivity contribution < 1.29 is 27.4 Å². The van der Waals surface area contributed by atoms with Crippen LogP contribution in [-0.4, -0.2) is 36.9 Å². The number of amidine groups is 1. The Labute approximate surface area is 169 Å². The van der Waals surface area contributed by atoms with E-state index in [1.165, 1.54) is 24.3 Å². The molecule has 0 aromatic heterocycles. The maximum atomic E-state index is 13.3. The first-order chi connectivity index (χ1) is 13.7. The van der Waals surface area contributed by atoms with E-state index in [9.17, 15) is 18.0 Å². The van der Waals surface area contributed by atoms with Crippen molar-refractivity contribution in [1.29, 1.82) is 0 Å². The molecule has 1 amide bonds. The Bertz CT molecular complexity index is 886. The van der Waals surface area contributed by atoms with Crippen LogP contribution in [-0.2, 0) is 4.74 Å². The summed E-state index contributed by atoms with van der Waals surface area (Å²) in [7, 11) is 0. The Balaban J connectivity index is 1.63. The van der Waals surface area contributed by atoms with Gasteiger partial charge in [0.25, 0.3) is 11.9 Å². The summed E-state index contributed by atoms with van der Waals surface area (Å²) in [6, 6.07) is 11.0. The molecule has 0 bridgehead atoms. The maximum Gasteiger partial charge on any atom is 0.425 e. The third-order valence-corrected chi connectivity index (χ3v) is 4.33. The van der Waals surface area contributed by atoms with Crippen molar-refractivity contribution >= 4 is 29.2 Å². The van der Waals surface area contributed by atoms with Crippen LogP contribution in [0.25, 0.3) is 0 Å². The fourth-order valence-corrected chi connectivity index (χ4v) is 2.76. The summed E-state index contributed by atoms with van der Waals surface area (Å²) in [5.74, 6) is -0.368. The van der Waals surface area contributed by atoms with E-state index in [1.807, 2.05) is 0 Å². The van der Waals surface area contributed by atoms with E-state index in [0.29, 0.717) is 16.3 Å². The standard InChI is InChI=1S/C19H17ClF3N3O3/c20-12-3-1-11(2-4-12)17(27)25-13-5-7-15(8-6-13)29-16(19(21,22)23)9-14-10-28-18(24)26-14/h1-8,14,16H,9-10H2,(H2,24,26)(H,25,27)/t14?,16-/m1/s1. The van der Waals surface area contributed by atoms with Crippen LogP contribution in [0.3, 0.4) is 0 Å². The maximum absolute atomic E-state index is 13.3. The molecule has 2 aromatic carbocycles. The molecular formula is C19H17ClF3N3O3. The van der Waals surface area contributed by atoms with Gasteiger partial charge in [-0.05, 0) is 48.5 Å². The number of carbonyl (C=O) groups excluding carboxylic acids is 1. The summed E-state index contributed by atoms with van der Waals surface area (Å²) in [6.45, 7) is -0.0164. The van der Waals surface area contributed by atoms with Gasteiger partial charge in [0, 0.05) is 22.7 Å². The quantitative estimate of drug-likeness (QED) is 0.729. The number of aliphatic imine (C=N–C) groups is 1. The zero-order valence-corrected chi connectivity index (χ0v) is 15.7. The van der Waals surface area contributed by atoms with Crippen molar-refractivity contribution in [2.75, 3.05) is 11.9 Å². The van der Waals surface area contributed by atoms with E-state index in [-0.39, 0.29) is 24.3 Å². The van der Waals surface area contributed by atoms with E-state index in [2.05, 4.69) is 10.3 Å². The zero-order chi connectivity index (χ0) is 21.0. The summed E-state index contributed by atoms with van der Waals surface area (Å²) in [4.78, 5) is 16.0. The minimum absolute atomic E-state index is 0.00711. The summed E-state index contributed by atoms with van der Waals surface area (Å²) in [6.07, 6.45) is -7.08. The lowest BCUT2D eigenvalue weighted by molar-refractivity contribution is -0.197. The number of hydrogen-bond donors (Lipinski definition) is 2. The van der Waals surface area contributed by atoms with Gasteiger partial charge in [-0.2, -0.15) is 13.2 Å². The summed E-state index contributed by atoms with van der Waals surface area (Å²) in [5, 5.41) is 3.14. The summed E-state index contributed by atoms with van der Waals surface area (Å²) >= 11 is 5.78. The predicted octanol–water partition coefficient (Wildman–Crippen LogP) is 4.01. The molecular weight excluding hydrogens is 411 g/mol. The molecule has 0 spiro atoms. The highest BCUT2D eigenvalue weighted by Crippen LogP contribution is 2.30. The van der Waals surface area contributed by atoms with Gasteiger partial charge < -0.3 is 20.5 Å². The lowest BCUT2D eigenvalue weighted by Gasteiger charge is -2.23. The van der Waals surface area contributed by atoms with Gasteiger partial charge in [0.2, 0.25) is 0 Å². The lowest BCUT2D eigenvalue weighted by Crippen LogP contribution is -2.37. The molecule has 0 radical (unpaired) electrons. The van der Waals surface area contributed by atoms with E-state index < -0.39 is 24.7 Å². The van der Waals surface area contributed by atoms with Gasteiger partial charge >= 0.3 is 6.18 Å². The minimum Gasteiger partial charge on any atom is -0.481 e. The number of alkyl halides is 3. The lowest BCUT2D eigenvalue weighted by atomic mass is 10.1. The second kappa shape index (κ2) is 8.60. The third kappa shape index (κ3) is 5.77. The second-order valence-electron chi connectivity index (χ2n) is 6.30. The van der Waals surface area contributed by atoms with Gasteiger partial charge in [0.05, 0.1) is 6.04 Å². The fraction of sp³-hybridized carbons (Fsp3) is 0.263.